The number of amides is 1. The van der Waals surface area contributed by atoms with E-state index in [4.69, 9.17) is 4.74 Å². The van der Waals surface area contributed by atoms with Crippen LogP contribution in [0.5, 0.6) is 0 Å². The molecule has 0 saturated carbocycles. The average molecular weight is 410 g/mol. The van der Waals surface area contributed by atoms with Crippen LogP contribution in [0.4, 0.5) is 4.39 Å². The molecule has 154 valence electrons. The van der Waals surface area contributed by atoms with E-state index < -0.39 is 23.0 Å². The lowest BCUT2D eigenvalue weighted by atomic mass is 10.2. The van der Waals surface area contributed by atoms with Crippen molar-refractivity contribution < 1.29 is 13.9 Å². The van der Waals surface area contributed by atoms with E-state index in [2.05, 4.69) is 5.10 Å². The van der Waals surface area contributed by atoms with Gasteiger partial charge in [-0.2, -0.15) is 9.78 Å². The Morgan fingerprint density at radius 3 is 2.33 bits per heavy atom. The van der Waals surface area contributed by atoms with Crippen LogP contribution in [0, 0.1) is 5.82 Å². The molecule has 0 aliphatic carbocycles. The maximum Gasteiger partial charge on any atom is 0.352 e. The van der Waals surface area contributed by atoms with E-state index >= 15 is 0 Å². The standard InChI is InChI=1S/C21H19FN4O4/c22-16-6-8-17(9-7-16)26-21(29)25(14-15-4-2-1-3-5-15)20(28)18(23-26)19(27)24-10-12-30-13-11-24/h1-9H,10-14H2. The normalized spacial score (nSPS) is 14.0. The molecular formula is C21H19FN4O4. The molecule has 9 heteroatoms. The van der Waals surface area contributed by atoms with Gasteiger partial charge in [0.15, 0.2) is 0 Å². The van der Waals surface area contributed by atoms with Gasteiger partial charge in [0.1, 0.15) is 5.82 Å². The van der Waals surface area contributed by atoms with E-state index in [-0.39, 0.29) is 17.9 Å². The van der Waals surface area contributed by atoms with Crippen molar-refractivity contribution in [3.05, 3.63) is 92.5 Å². The van der Waals surface area contributed by atoms with Crippen LogP contribution in [0.2, 0.25) is 0 Å². The SMILES string of the molecule is O=C(c1nn(-c2ccc(F)cc2)c(=O)n(Cc2ccccc2)c1=O)N1CCOCC1. The molecule has 1 aromatic heterocycles. The number of rotatable bonds is 4. The van der Waals surface area contributed by atoms with Crippen molar-refractivity contribution >= 4 is 5.91 Å². The second kappa shape index (κ2) is 8.42. The second-order valence-corrected chi connectivity index (χ2v) is 6.80. The molecule has 0 unspecified atom stereocenters. The third kappa shape index (κ3) is 3.92. The van der Waals surface area contributed by atoms with Crippen LogP contribution in [0.25, 0.3) is 5.69 Å². The smallest absolute Gasteiger partial charge is 0.352 e. The highest BCUT2D eigenvalue weighted by Gasteiger charge is 2.26. The fraction of sp³-hybridized carbons (Fsp3) is 0.238. The molecule has 4 rings (SSSR count). The highest BCUT2D eigenvalue weighted by Crippen LogP contribution is 2.08. The van der Waals surface area contributed by atoms with Gasteiger partial charge in [0, 0.05) is 13.1 Å². The van der Waals surface area contributed by atoms with E-state index in [0.717, 1.165) is 14.8 Å². The summed E-state index contributed by atoms with van der Waals surface area (Å²) in [5.74, 6) is -1.05. The molecule has 8 nitrogen and oxygen atoms in total. The van der Waals surface area contributed by atoms with Crippen LogP contribution >= 0.6 is 0 Å². The first kappa shape index (κ1) is 19.7. The highest BCUT2D eigenvalue weighted by molar-refractivity contribution is 5.91. The number of benzene rings is 2. The van der Waals surface area contributed by atoms with Gasteiger partial charge in [-0.25, -0.2) is 9.18 Å². The lowest BCUT2D eigenvalue weighted by Gasteiger charge is -2.26. The predicted molar refractivity (Wildman–Crippen MR) is 106 cm³/mol. The molecule has 3 aromatic rings. The monoisotopic (exact) mass is 410 g/mol. The van der Waals surface area contributed by atoms with E-state index in [1.165, 1.54) is 29.2 Å². The number of ether oxygens (including phenoxy) is 1. The summed E-state index contributed by atoms with van der Waals surface area (Å²) < 4.78 is 20.5. The van der Waals surface area contributed by atoms with Crippen molar-refractivity contribution in [2.75, 3.05) is 26.3 Å². The van der Waals surface area contributed by atoms with Crippen molar-refractivity contribution in [1.82, 2.24) is 19.2 Å². The molecule has 1 aliphatic rings. The zero-order valence-corrected chi connectivity index (χ0v) is 16.0. The molecule has 1 aliphatic heterocycles. The Bertz CT molecular complexity index is 1170. The molecular weight excluding hydrogens is 391 g/mol. The van der Waals surface area contributed by atoms with Crippen molar-refractivity contribution in [2.24, 2.45) is 0 Å². The Balaban J connectivity index is 1.86. The van der Waals surface area contributed by atoms with Crippen molar-refractivity contribution in [3.63, 3.8) is 0 Å². The van der Waals surface area contributed by atoms with Crippen LogP contribution in [0.1, 0.15) is 16.1 Å². The number of nitrogens with zero attached hydrogens (tertiary/aromatic N) is 4. The molecule has 2 heterocycles. The predicted octanol–water partition coefficient (Wildman–Crippen LogP) is 1.05. The van der Waals surface area contributed by atoms with Gasteiger partial charge in [-0.15, -0.1) is 0 Å². The van der Waals surface area contributed by atoms with Gasteiger partial charge in [0.05, 0.1) is 25.4 Å². The third-order valence-corrected chi connectivity index (χ3v) is 4.82. The van der Waals surface area contributed by atoms with Crippen LogP contribution in [0.3, 0.4) is 0 Å². The highest BCUT2D eigenvalue weighted by atomic mass is 19.1. The molecule has 0 radical (unpaired) electrons. The number of hydrogen-bond acceptors (Lipinski definition) is 5. The number of carbonyl (C=O) groups excluding carboxylic acids is 1. The van der Waals surface area contributed by atoms with Crippen molar-refractivity contribution in [2.45, 2.75) is 6.54 Å². The Labute approximate surface area is 170 Å². The summed E-state index contributed by atoms with van der Waals surface area (Å²) in [4.78, 5) is 40.6. The van der Waals surface area contributed by atoms with Crippen LogP contribution in [-0.2, 0) is 11.3 Å². The molecule has 0 atom stereocenters. The molecule has 1 saturated heterocycles. The van der Waals surface area contributed by atoms with Crippen LogP contribution in [0.15, 0.2) is 64.2 Å². The molecule has 0 N–H and O–H groups in total. The first-order chi connectivity index (χ1) is 14.5. The first-order valence-corrected chi connectivity index (χ1v) is 9.45. The van der Waals surface area contributed by atoms with Gasteiger partial charge >= 0.3 is 5.69 Å². The van der Waals surface area contributed by atoms with E-state index in [1.54, 1.807) is 24.3 Å². The molecule has 1 amide bonds. The van der Waals surface area contributed by atoms with Gasteiger partial charge in [0.25, 0.3) is 11.5 Å². The first-order valence-electron chi connectivity index (χ1n) is 9.45. The largest absolute Gasteiger partial charge is 0.378 e. The van der Waals surface area contributed by atoms with Gasteiger partial charge in [-0.3, -0.25) is 14.2 Å². The average Bonchev–Trinajstić information content (AvgIpc) is 2.78. The van der Waals surface area contributed by atoms with Crippen molar-refractivity contribution in [3.8, 4) is 5.69 Å². The van der Waals surface area contributed by atoms with Gasteiger partial charge < -0.3 is 9.64 Å². The van der Waals surface area contributed by atoms with E-state index in [9.17, 15) is 18.8 Å². The number of carbonyl (C=O) groups is 1. The fourth-order valence-corrected chi connectivity index (χ4v) is 3.22. The summed E-state index contributed by atoms with van der Waals surface area (Å²) in [7, 11) is 0. The molecule has 1 fully saturated rings. The zero-order valence-electron chi connectivity index (χ0n) is 16.0. The van der Waals surface area contributed by atoms with Crippen molar-refractivity contribution in [1.29, 1.82) is 0 Å². The minimum Gasteiger partial charge on any atom is -0.378 e. The minimum absolute atomic E-state index is 0.0222. The lowest BCUT2D eigenvalue weighted by Crippen LogP contribution is -2.48. The Morgan fingerprint density at radius 2 is 1.67 bits per heavy atom. The molecule has 0 bridgehead atoms. The summed E-state index contributed by atoms with van der Waals surface area (Å²) in [5.41, 5.74) is -0.873. The van der Waals surface area contributed by atoms with Gasteiger partial charge in [-0.05, 0) is 29.8 Å². The fourth-order valence-electron chi connectivity index (χ4n) is 3.22. The molecule has 30 heavy (non-hydrogen) atoms. The summed E-state index contributed by atoms with van der Waals surface area (Å²) >= 11 is 0. The number of aromatic nitrogens is 3. The topological polar surface area (TPSA) is 86.4 Å². The van der Waals surface area contributed by atoms with Gasteiger partial charge in [0.2, 0.25) is 5.69 Å². The molecule has 2 aromatic carbocycles. The quantitative estimate of drug-likeness (QED) is 0.642. The number of halogens is 1. The summed E-state index contributed by atoms with van der Waals surface area (Å²) in [6.45, 7) is 1.36. The number of morpholine rings is 1. The third-order valence-electron chi connectivity index (χ3n) is 4.82. The Kier molecular flexibility index (Phi) is 5.53. The Morgan fingerprint density at radius 1 is 1.00 bits per heavy atom. The lowest BCUT2D eigenvalue weighted by molar-refractivity contribution is 0.0295. The number of hydrogen-bond donors (Lipinski definition) is 0. The van der Waals surface area contributed by atoms with Crippen LogP contribution in [-0.4, -0.2) is 51.5 Å². The second-order valence-electron chi connectivity index (χ2n) is 6.80. The van der Waals surface area contributed by atoms with Crippen LogP contribution < -0.4 is 11.2 Å². The summed E-state index contributed by atoms with van der Waals surface area (Å²) in [6.07, 6.45) is 0. The molecule has 0 spiro atoms. The maximum atomic E-state index is 13.3. The maximum absolute atomic E-state index is 13.3. The van der Waals surface area contributed by atoms with E-state index in [1.807, 2.05) is 6.07 Å². The Hall–Kier alpha value is -3.59. The minimum atomic E-state index is -0.765. The van der Waals surface area contributed by atoms with Gasteiger partial charge in [-0.1, -0.05) is 30.3 Å². The van der Waals surface area contributed by atoms with E-state index in [0.29, 0.717) is 26.3 Å². The summed E-state index contributed by atoms with van der Waals surface area (Å²) in [5, 5.41) is 4.07. The zero-order chi connectivity index (χ0) is 21.1. The summed E-state index contributed by atoms with van der Waals surface area (Å²) in [6, 6.07) is 14.0.